The molecule has 1 heterocycles. The van der Waals surface area contributed by atoms with Gasteiger partial charge in [0.1, 0.15) is 10.7 Å². The molecule has 0 spiro atoms. The van der Waals surface area contributed by atoms with Gasteiger partial charge in [-0.1, -0.05) is 12.1 Å². The molecule has 7 nitrogen and oxygen atoms in total. The van der Waals surface area contributed by atoms with Gasteiger partial charge in [0.05, 0.1) is 5.69 Å². The summed E-state index contributed by atoms with van der Waals surface area (Å²) in [5.74, 6) is 6.15. The molecule has 8 heteroatoms. The van der Waals surface area contributed by atoms with Gasteiger partial charge in [-0.2, -0.15) is 0 Å². The zero-order valence-corrected chi connectivity index (χ0v) is 11.7. The average molecular weight is 295 g/mol. The van der Waals surface area contributed by atoms with E-state index in [1.807, 2.05) is 0 Å². The van der Waals surface area contributed by atoms with Crippen LogP contribution in [0.1, 0.15) is 12.2 Å². The standard InChI is InChI=1S/C12H17N5O2S/c13-17-10-4-1-2-5-11(10)20(18,19)16-7-3-6-12-14-8-9-15-12/h1-2,4-5,8-9,16-17H,3,6-7,13H2,(H,14,15). The number of imidazole rings is 1. The highest BCUT2D eigenvalue weighted by Gasteiger charge is 2.16. The van der Waals surface area contributed by atoms with Crippen LogP contribution >= 0.6 is 0 Å². The molecule has 0 saturated heterocycles. The smallest absolute Gasteiger partial charge is 0.242 e. The number of hydrogen-bond acceptors (Lipinski definition) is 5. The number of anilines is 1. The number of benzene rings is 1. The number of hydrazine groups is 1. The second-order valence-corrected chi connectivity index (χ2v) is 5.91. The molecule has 20 heavy (non-hydrogen) atoms. The van der Waals surface area contributed by atoms with Crippen LogP contribution in [0.15, 0.2) is 41.6 Å². The highest BCUT2D eigenvalue weighted by Crippen LogP contribution is 2.19. The van der Waals surface area contributed by atoms with Crippen LogP contribution in [-0.2, 0) is 16.4 Å². The molecular weight excluding hydrogens is 278 g/mol. The van der Waals surface area contributed by atoms with Gasteiger partial charge < -0.3 is 10.4 Å². The molecule has 0 atom stereocenters. The van der Waals surface area contributed by atoms with Gasteiger partial charge in [0, 0.05) is 25.4 Å². The predicted molar refractivity (Wildman–Crippen MR) is 76.3 cm³/mol. The van der Waals surface area contributed by atoms with Crippen molar-refractivity contribution in [1.29, 1.82) is 0 Å². The number of nitrogens with zero attached hydrogens (tertiary/aromatic N) is 1. The van der Waals surface area contributed by atoms with E-state index in [0.717, 1.165) is 5.82 Å². The Labute approximate surface area is 117 Å². The van der Waals surface area contributed by atoms with Crippen LogP contribution in [0.2, 0.25) is 0 Å². The summed E-state index contributed by atoms with van der Waals surface area (Å²) >= 11 is 0. The summed E-state index contributed by atoms with van der Waals surface area (Å²) in [6.45, 7) is 0.335. The van der Waals surface area contributed by atoms with Gasteiger partial charge in [-0.15, -0.1) is 0 Å². The summed E-state index contributed by atoms with van der Waals surface area (Å²) in [7, 11) is -3.57. The van der Waals surface area contributed by atoms with E-state index in [-0.39, 0.29) is 4.90 Å². The Kier molecular flexibility index (Phi) is 4.72. The lowest BCUT2D eigenvalue weighted by molar-refractivity contribution is 0.578. The van der Waals surface area contributed by atoms with Crippen molar-refractivity contribution in [3.63, 3.8) is 0 Å². The molecule has 2 aromatic rings. The van der Waals surface area contributed by atoms with Crippen LogP contribution in [0.4, 0.5) is 5.69 Å². The van der Waals surface area contributed by atoms with Gasteiger partial charge in [-0.25, -0.2) is 18.1 Å². The first-order valence-corrected chi connectivity index (χ1v) is 7.65. The molecule has 0 amide bonds. The maximum atomic E-state index is 12.1. The molecule has 0 aliphatic carbocycles. The van der Waals surface area contributed by atoms with Gasteiger partial charge in [0.2, 0.25) is 10.0 Å². The van der Waals surface area contributed by atoms with Crippen molar-refractivity contribution in [2.24, 2.45) is 5.84 Å². The lowest BCUT2D eigenvalue weighted by atomic mass is 10.3. The maximum absolute atomic E-state index is 12.1. The number of aromatic nitrogens is 2. The molecular formula is C12H17N5O2S. The highest BCUT2D eigenvalue weighted by atomic mass is 32.2. The van der Waals surface area contributed by atoms with Gasteiger partial charge in [-0.05, 0) is 18.6 Å². The molecule has 0 aliphatic heterocycles. The zero-order valence-electron chi connectivity index (χ0n) is 10.8. The molecule has 108 valence electrons. The molecule has 0 bridgehead atoms. The lowest BCUT2D eigenvalue weighted by Gasteiger charge is -2.10. The summed E-state index contributed by atoms with van der Waals surface area (Å²) in [6, 6.07) is 6.48. The van der Waals surface area contributed by atoms with Crippen LogP contribution < -0.4 is 16.0 Å². The van der Waals surface area contributed by atoms with Crippen LogP contribution in [0.5, 0.6) is 0 Å². The van der Waals surface area contributed by atoms with Gasteiger partial charge in [0.25, 0.3) is 0 Å². The van der Waals surface area contributed by atoms with E-state index < -0.39 is 10.0 Å². The second-order valence-electron chi connectivity index (χ2n) is 4.18. The minimum absolute atomic E-state index is 0.139. The zero-order chi connectivity index (χ0) is 14.4. The number of sulfonamides is 1. The monoisotopic (exact) mass is 295 g/mol. The number of aromatic amines is 1. The fourth-order valence-electron chi connectivity index (χ4n) is 1.80. The van der Waals surface area contributed by atoms with E-state index in [1.54, 1.807) is 30.6 Å². The number of hydrogen-bond donors (Lipinski definition) is 4. The Balaban J connectivity index is 1.94. The van der Waals surface area contributed by atoms with Gasteiger partial charge in [0.15, 0.2) is 0 Å². The number of nitrogens with two attached hydrogens (primary N) is 1. The lowest BCUT2D eigenvalue weighted by Crippen LogP contribution is -2.26. The molecule has 0 unspecified atom stereocenters. The Morgan fingerprint density at radius 2 is 2.10 bits per heavy atom. The number of nitrogens with one attached hydrogen (secondary N) is 3. The highest BCUT2D eigenvalue weighted by molar-refractivity contribution is 7.89. The van der Waals surface area contributed by atoms with E-state index in [9.17, 15) is 8.42 Å². The molecule has 5 N–H and O–H groups in total. The fourth-order valence-corrected chi connectivity index (χ4v) is 3.04. The van der Waals surface area contributed by atoms with Crippen molar-refractivity contribution in [2.45, 2.75) is 17.7 Å². The normalized spacial score (nSPS) is 11.4. The first-order valence-electron chi connectivity index (χ1n) is 6.17. The minimum atomic E-state index is -3.57. The number of nitrogen functional groups attached to an aromatic ring is 1. The van der Waals surface area contributed by atoms with Crippen LogP contribution in [0.3, 0.4) is 0 Å². The number of aryl methyl sites for hydroxylation is 1. The van der Waals surface area contributed by atoms with Crippen molar-refractivity contribution < 1.29 is 8.42 Å². The second kappa shape index (κ2) is 6.51. The molecule has 0 saturated carbocycles. The third-order valence-corrected chi connectivity index (χ3v) is 4.29. The van der Waals surface area contributed by atoms with Gasteiger partial charge >= 0.3 is 0 Å². The largest absolute Gasteiger partial charge is 0.349 e. The molecule has 0 radical (unpaired) electrons. The Hall–Kier alpha value is -1.90. The number of para-hydroxylation sites is 1. The fraction of sp³-hybridized carbons (Fsp3) is 0.250. The van der Waals surface area contributed by atoms with Crippen molar-refractivity contribution in [3.05, 3.63) is 42.5 Å². The molecule has 0 fully saturated rings. The van der Waals surface area contributed by atoms with Crippen molar-refractivity contribution in [3.8, 4) is 0 Å². The summed E-state index contributed by atoms with van der Waals surface area (Å²) in [6.07, 6.45) is 4.75. The van der Waals surface area contributed by atoms with Crippen molar-refractivity contribution in [1.82, 2.24) is 14.7 Å². The van der Waals surface area contributed by atoms with Crippen molar-refractivity contribution >= 4 is 15.7 Å². The minimum Gasteiger partial charge on any atom is -0.349 e. The Morgan fingerprint density at radius 1 is 1.30 bits per heavy atom. The summed E-state index contributed by atoms with van der Waals surface area (Å²) in [5, 5.41) is 0. The summed E-state index contributed by atoms with van der Waals surface area (Å²) < 4.78 is 26.8. The SMILES string of the molecule is NNc1ccccc1S(=O)(=O)NCCCc1ncc[nH]1. The molecule has 2 rings (SSSR count). The third kappa shape index (κ3) is 3.56. The van der Waals surface area contributed by atoms with E-state index in [4.69, 9.17) is 5.84 Å². The number of rotatable bonds is 7. The van der Waals surface area contributed by atoms with Crippen molar-refractivity contribution in [2.75, 3.05) is 12.0 Å². The van der Waals surface area contributed by atoms with E-state index >= 15 is 0 Å². The topological polar surface area (TPSA) is 113 Å². The maximum Gasteiger partial charge on any atom is 0.242 e. The van der Waals surface area contributed by atoms with Crippen LogP contribution in [-0.4, -0.2) is 24.9 Å². The van der Waals surface area contributed by atoms with E-state index in [2.05, 4.69) is 20.1 Å². The van der Waals surface area contributed by atoms with Crippen LogP contribution in [0.25, 0.3) is 0 Å². The predicted octanol–water partition coefficient (Wildman–Crippen LogP) is 0.606. The summed E-state index contributed by atoms with van der Waals surface area (Å²) in [5.41, 5.74) is 2.75. The number of H-pyrrole nitrogens is 1. The molecule has 1 aromatic heterocycles. The average Bonchev–Trinajstić information content (AvgIpc) is 2.97. The summed E-state index contributed by atoms with van der Waals surface area (Å²) in [4.78, 5) is 7.19. The van der Waals surface area contributed by atoms with E-state index in [0.29, 0.717) is 25.1 Å². The molecule has 0 aliphatic rings. The molecule has 1 aromatic carbocycles. The third-order valence-electron chi connectivity index (χ3n) is 2.77. The van der Waals surface area contributed by atoms with Gasteiger partial charge in [-0.3, -0.25) is 5.84 Å². The van der Waals surface area contributed by atoms with Crippen LogP contribution in [0, 0.1) is 0 Å². The first kappa shape index (κ1) is 14.5. The van der Waals surface area contributed by atoms with E-state index in [1.165, 1.54) is 6.07 Å². The quantitative estimate of drug-likeness (QED) is 0.339. The first-order chi connectivity index (χ1) is 9.63. The Bertz CT molecular complexity index is 640. The Morgan fingerprint density at radius 3 is 2.80 bits per heavy atom.